The summed E-state index contributed by atoms with van der Waals surface area (Å²) in [7, 11) is 0. The first-order valence-electron chi connectivity index (χ1n) is 6.32. The Morgan fingerprint density at radius 3 is 2.53 bits per heavy atom. The number of hydrogen-bond donors (Lipinski definition) is 2. The largest absolute Gasteiger partial charge is 0.406 e. The highest BCUT2D eigenvalue weighted by molar-refractivity contribution is 5.20. The molecule has 5 heteroatoms. The van der Waals surface area contributed by atoms with Gasteiger partial charge in [-0.15, -0.1) is 5.10 Å². The minimum Gasteiger partial charge on any atom is -0.406 e. The molecule has 0 aromatic carbocycles. The molecule has 1 aliphatic rings. The van der Waals surface area contributed by atoms with Gasteiger partial charge < -0.3 is 15.5 Å². The molecule has 0 aliphatic heterocycles. The van der Waals surface area contributed by atoms with Crippen molar-refractivity contribution < 1.29 is 4.42 Å². The van der Waals surface area contributed by atoms with E-state index in [-0.39, 0.29) is 6.04 Å². The van der Waals surface area contributed by atoms with E-state index in [1.54, 1.807) is 0 Å². The summed E-state index contributed by atoms with van der Waals surface area (Å²) in [6.45, 7) is 6.48. The Labute approximate surface area is 102 Å². The Balaban J connectivity index is 1.89. The van der Waals surface area contributed by atoms with Crippen molar-refractivity contribution in [1.29, 1.82) is 0 Å². The first-order chi connectivity index (χ1) is 7.96. The molecule has 96 valence electrons. The molecule has 0 amide bonds. The maximum absolute atomic E-state index is 5.67. The maximum Gasteiger partial charge on any atom is 0.315 e. The lowest BCUT2D eigenvalue weighted by molar-refractivity contribution is 0.231. The smallest absolute Gasteiger partial charge is 0.315 e. The van der Waals surface area contributed by atoms with Gasteiger partial charge in [0.05, 0.1) is 6.04 Å². The van der Waals surface area contributed by atoms with Gasteiger partial charge in [-0.1, -0.05) is 18.9 Å². The molecule has 0 bridgehead atoms. The molecule has 17 heavy (non-hydrogen) atoms. The van der Waals surface area contributed by atoms with E-state index in [1.807, 2.05) is 6.92 Å². The van der Waals surface area contributed by atoms with Crippen molar-refractivity contribution in [3.05, 3.63) is 5.89 Å². The molecule has 2 rings (SSSR count). The molecule has 0 spiro atoms. The number of rotatable bonds is 3. The lowest BCUT2D eigenvalue weighted by Crippen LogP contribution is -2.29. The van der Waals surface area contributed by atoms with E-state index in [9.17, 15) is 0 Å². The van der Waals surface area contributed by atoms with E-state index in [0.717, 1.165) is 12.8 Å². The lowest BCUT2D eigenvalue weighted by Gasteiger charge is -2.34. The summed E-state index contributed by atoms with van der Waals surface area (Å²) in [5.74, 6) is 0.489. The fourth-order valence-corrected chi connectivity index (χ4v) is 2.20. The van der Waals surface area contributed by atoms with E-state index in [2.05, 4.69) is 29.4 Å². The summed E-state index contributed by atoms with van der Waals surface area (Å²) >= 11 is 0. The Morgan fingerprint density at radius 2 is 2.00 bits per heavy atom. The van der Waals surface area contributed by atoms with Gasteiger partial charge in [-0.25, -0.2) is 0 Å². The fraction of sp³-hybridized carbons (Fsp3) is 0.833. The molecule has 3 N–H and O–H groups in total. The van der Waals surface area contributed by atoms with Gasteiger partial charge in [0.1, 0.15) is 0 Å². The van der Waals surface area contributed by atoms with Crippen LogP contribution in [0.5, 0.6) is 0 Å². The minimum absolute atomic E-state index is 0.205. The number of aromatic nitrogens is 2. The number of nitrogens with two attached hydrogens (primary N) is 1. The van der Waals surface area contributed by atoms with Crippen LogP contribution in [0.1, 0.15) is 58.4 Å². The van der Waals surface area contributed by atoms with Crippen LogP contribution < -0.4 is 11.1 Å². The third-order valence-electron chi connectivity index (χ3n) is 3.50. The summed E-state index contributed by atoms with van der Waals surface area (Å²) in [6.07, 6.45) is 4.78. The van der Waals surface area contributed by atoms with Crippen LogP contribution in [0, 0.1) is 5.41 Å². The zero-order valence-electron chi connectivity index (χ0n) is 10.9. The zero-order valence-corrected chi connectivity index (χ0v) is 10.9. The number of nitrogens with zero attached hydrogens (tertiary/aromatic N) is 2. The van der Waals surface area contributed by atoms with Crippen LogP contribution in [0.15, 0.2) is 4.42 Å². The third kappa shape index (κ3) is 3.19. The van der Waals surface area contributed by atoms with Crippen LogP contribution in [0.25, 0.3) is 0 Å². The van der Waals surface area contributed by atoms with Gasteiger partial charge in [-0.3, -0.25) is 0 Å². The molecule has 1 saturated carbocycles. The highest BCUT2D eigenvalue weighted by Gasteiger charge is 2.27. The van der Waals surface area contributed by atoms with Gasteiger partial charge >= 0.3 is 6.01 Å². The molecule has 1 unspecified atom stereocenters. The fourth-order valence-electron chi connectivity index (χ4n) is 2.20. The van der Waals surface area contributed by atoms with E-state index in [4.69, 9.17) is 10.2 Å². The molecule has 1 heterocycles. The molecule has 5 nitrogen and oxygen atoms in total. The Kier molecular flexibility index (Phi) is 3.38. The predicted molar refractivity (Wildman–Crippen MR) is 66.6 cm³/mol. The highest BCUT2D eigenvalue weighted by atomic mass is 16.4. The summed E-state index contributed by atoms with van der Waals surface area (Å²) in [6, 6.07) is 0.745. The Bertz CT molecular complexity index is 362. The van der Waals surface area contributed by atoms with Crippen LogP contribution in [0.4, 0.5) is 6.01 Å². The average molecular weight is 238 g/mol. The van der Waals surface area contributed by atoms with E-state index in [1.165, 1.54) is 12.8 Å². The SMILES string of the molecule is CC(N)c1nnc(NC2CCC(C)(C)CC2)o1. The zero-order chi connectivity index (χ0) is 12.5. The Morgan fingerprint density at radius 1 is 1.35 bits per heavy atom. The van der Waals surface area contributed by atoms with Crippen molar-refractivity contribution in [2.24, 2.45) is 11.1 Å². The predicted octanol–water partition coefficient (Wildman–Crippen LogP) is 2.47. The molecular weight excluding hydrogens is 216 g/mol. The molecular formula is C12H22N4O. The van der Waals surface area contributed by atoms with Gasteiger partial charge in [0.15, 0.2) is 0 Å². The second kappa shape index (κ2) is 4.64. The minimum atomic E-state index is -0.205. The summed E-state index contributed by atoms with van der Waals surface area (Å²) in [4.78, 5) is 0. The molecule has 1 aromatic rings. The quantitative estimate of drug-likeness (QED) is 0.846. The van der Waals surface area contributed by atoms with Gasteiger partial charge in [0.25, 0.3) is 0 Å². The van der Waals surface area contributed by atoms with Gasteiger partial charge in [-0.05, 0) is 38.0 Å². The third-order valence-corrected chi connectivity index (χ3v) is 3.50. The topological polar surface area (TPSA) is 77.0 Å². The van der Waals surface area contributed by atoms with Gasteiger partial charge in [-0.2, -0.15) is 0 Å². The monoisotopic (exact) mass is 238 g/mol. The van der Waals surface area contributed by atoms with Gasteiger partial charge in [0, 0.05) is 6.04 Å². The molecule has 1 fully saturated rings. The maximum atomic E-state index is 5.67. The van der Waals surface area contributed by atoms with Crippen molar-refractivity contribution in [1.82, 2.24) is 10.2 Å². The Hall–Kier alpha value is -1.10. The molecule has 1 aromatic heterocycles. The van der Waals surface area contributed by atoms with Crippen LogP contribution >= 0.6 is 0 Å². The van der Waals surface area contributed by atoms with E-state index < -0.39 is 0 Å². The van der Waals surface area contributed by atoms with Crippen molar-refractivity contribution in [3.8, 4) is 0 Å². The van der Waals surface area contributed by atoms with Crippen LogP contribution in [-0.4, -0.2) is 16.2 Å². The van der Waals surface area contributed by atoms with Crippen molar-refractivity contribution in [3.63, 3.8) is 0 Å². The molecule has 0 radical (unpaired) electrons. The van der Waals surface area contributed by atoms with E-state index >= 15 is 0 Å². The van der Waals surface area contributed by atoms with Gasteiger partial charge in [0.2, 0.25) is 5.89 Å². The number of anilines is 1. The van der Waals surface area contributed by atoms with Crippen molar-refractivity contribution >= 4 is 6.01 Å². The molecule has 1 atom stereocenters. The first kappa shape index (κ1) is 12.4. The lowest BCUT2D eigenvalue weighted by atomic mass is 9.76. The summed E-state index contributed by atoms with van der Waals surface area (Å²) in [5, 5.41) is 11.2. The van der Waals surface area contributed by atoms with Crippen LogP contribution in [0.2, 0.25) is 0 Å². The van der Waals surface area contributed by atoms with Crippen molar-refractivity contribution in [2.45, 2.75) is 58.5 Å². The summed E-state index contributed by atoms with van der Waals surface area (Å²) in [5.41, 5.74) is 6.15. The normalized spacial score (nSPS) is 22.4. The van der Waals surface area contributed by atoms with E-state index in [0.29, 0.717) is 23.4 Å². The summed E-state index contributed by atoms with van der Waals surface area (Å²) < 4.78 is 5.44. The van der Waals surface area contributed by atoms with Crippen LogP contribution in [-0.2, 0) is 0 Å². The van der Waals surface area contributed by atoms with Crippen LogP contribution in [0.3, 0.4) is 0 Å². The molecule has 1 aliphatic carbocycles. The van der Waals surface area contributed by atoms with Crippen molar-refractivity contribution in [2.75, 3.05) is 5.32 Å². The highest BCUT2D eigenvalue weighted by Crippen LogP contribution is 2.35. The second-order valence-electron chi connectivity index (χ2n) is 5.82. The number of hydrogen-bond acceptors (Lipinski definition) is 5. The molecule has 0 saturated heterocycles. The standard InChI is InChI=1S/C12H22N4O/c1-8(13)10-15-16-11(17-10)14-9-4-6-12(2,3)7-5-9/h8-9H,4-7,13H2,1-3H3,(H,14,16). The second-order valence-corrected chi connectivity index (χ2v) is 5.82. The average Bonchev–Trinajstić information content (AvgIpc) is 2.70. The number of nitrogens with one attached hydrogen (secondary N) is 1. The first-order valence-corrected chi connectivity index (χ1v) is 6.32.